The zero-order valence-corrected chi connectivity index (χ0v) is 16.3. The highest BCUT2D eigenvalue weighted by Crippen LogP contribution is 2.32. The molecule has 3 aromatic rings. The Morgan fingerprint density at radius 1 is 1.25 bits per heavy atom. The van der Waals surface area contributed by atoms with E-state index < -0.39 is 0 Å². The van der Waals surface area contributed by atoms with Crippen molar-refractivity contribution in [3.63, 3.8) is 0 Å². The van der Waals surface area contributed by atoms with Gasteiger partial charge >= 0.3 is 0 Å². The van der Waals surface area contributed by atoms with E-state index in [0.29, 0.717) is 6.61 Å². The number of hydrogen-bond acceptors (Lipinski definition) is 3. The van der Waals surface area contributed by atoms with Gasteiger partial charge in [0.2, 0.25) is 5.91 Å². The molecule has 144 valence electrons. The molecule has 28 heavy (non-hydrogen) atoms. The number of aromatic nitrogens is 2. The molecule has 1 aromatic heterocycles. The number of aryl methyl sites for hydroxylation is 1. The van der Waals surface area contributed by atoms with Crippen LogP contribution < -0.4 is 9.64 Å². The van der Waals surface area contributed by atoms with Gasteiger partial charge in [-0.2, -0.15) is 5.10 Å². The molecule has 4 rings (SSSR count). The molecule has 0 radical (unpaired) electrons. The smallest absolute Gasteiger partial charge is 0.230 e. The fraction of sp³-hybridized carbons (Fsp3) is 0.304. The van der Waals surface area contributed by atoms with Crippen molar-refractivity contribution in [1.82, 2.24) is 10.2 Å². The summed E-state index contributed by atoms with van der Waals surface area (Å²) in [4.78, 5) is 14.9. The lowest BCUT2D eigenvalue weighted by Crippen LogP contribution is -2.27. The topological polar surface area (TPSA) is 58.2 Å². The van der Waals surface area contributed by atoms with Crippen molar-refractivity contribution in [3.05, 3.63) is 66.0 Å². The van der Waals surface area contributed by atoms with E-state index in [1.165, 1.54) is 0 Å². The SMILES string of the molecule is CCOc1cccc(CC2CCN(c3ccc(-c4cn[nH]c4)c(C)c3)C2=O)c1. The molecule has 1 fully saturated rings. The predicted molar refractivity (Wildman–Crippen MR) is 111 cm³/mol. The van der Waals surface area contributed by atoms with Gasteiger partial charge in [0.25, 0.3) is 0 Å². The molecule has 0 saturated carbocycles. The van der Waals surface area contributed by atoms with Gasteiger partial charge in [0.15, 0.2) is 0 Å². The Morgan fingerprint density at radius 3 is 2.89 bits per heavy atom. The molecule has 1 unspecified atom stereocenters. The highest BCUT2D eigenvalue weighted by atomic mass is 16.5. The van der Waals surface area contributed by atoms with Crippen LogP contribution in [0.1, 0.15) is 24.5 Å². The maximum Gasteiger partial charge on any atom is 0.230 e. The number of carbonyl (C=O) groups excluding carboxylic acids is 1. The molecule has 2 aromatic carbocycles. The number of ether oxygens (including phenoxy) is 1. The second-order valence-electron chi connectivity index (χ2n) is 7.25. The molecule has 5 heteroatoms. The first-order chi connectivity index (χ1) is 13.7. The van der Waals surface area contributed by atoms with Crippen LogP contribution in [0.2, 0.25) is 0 Å². The molecule has 1 atom stereocenters. The quantitative estimate of drug-likeness (QED) is 0.696. The Bertz CT molecular complexity index is 966. The zero-order chi connectivity index (χ0) is 19.5. The van der Waals surface area contributed by atoms with Crippen LogP contribution >= 0.6 is 0 Å². The number of H-pyrrole nitrogens is 1. The van der Waals surface area contributed by atoms with E-state index in [-0.39, 0.29) is 11.8 Å². The van der Waals surface area contributed by atoms with Gasteiger partial charge in [0, 0.05) is 29.9 Å². The molecule has 1 aliphatic rings. The minimum absolute atomic E-state index is 0.0192. The van der Waals surface area contributed by atoms with Crippen LogP contribution in [-0.4, -0.2) is 29.3 Å². The first-order valence-corrected chi connectivity index (χ1v) is 9.78. The Labute approximate surface area is 165 Å². The summed E-state index contributed by atoms with van der Waals surface area (Å²) in [5.74, 6) is 1.09. The third-order valence-electron chi connectivity index (χ3n) is 5.34. The molecule has 1 amide bonds. The molecule has 0 bridgehead atoms. The lowest BCUT2D eigenvalue weighted by Gasteiger charge is -2.18. The largest absolute Gasteiger partial charge is 0.494 e. The number of rotatable bonds is 6. The summed E-state index contributed by atoms with van der Waals surface area (Å²) in [6.45, 7) is 5.46. The van der Waals surface area contributed by atoms with Crippen molar-refractivity contribution >= 4 is 11.6 Å². The van der Waals surface area contributed by atoms with Gasteiger partial charge in [-0.1, -0.05) is 18.2 Å². The Morgan fingerprint density at radius 2 is 2.14 bits per heavy atom. The molecule has 1 N–H and O–H groups in total. The third-order valence-corrected chi connectivity index (χ3v) is 5.34. The van der Waals surface area contributed by atoms with E-state index in [0.717, 1.165) is 53.1 Å². The van der Waals surface area contributed by atoms with Crippen LogP contribution in [-0.2, 0) is 11.2 Å². The first kappa shape index (κ1) is 18.3. The maximum atomic E-state index is 13.0. The Balaban J connectivity index is 1.48. The van der Waals surface area contributed by atoms with E-state index in [9.17, 15) is 4.79 Å². The molecule has 1 saturated heterocycles. The van der Waals surface area contributed by atoms with Crippen LogP contribution in [0.5, 0.6) is 5.75 Å². The fourth-order valence-corrected chi connectivity index (χ4v) is 3.94. The minimum Gasteiger partial charge on any atom is -0.494 e. The molecular weight excluding hydrogens is 350 g/mol. The number of aromatic amines is 1. The number of hydrogen-bond donors (Lipinski definition) is 1. The van der Waals surface area contributed by atoms with Crippen molar-refractivity contribution in [2.24, 2.45) is 5.92 Å². The number of anilines is 1. The summed E-state index contributed by atoms with van der Waals surface area (Å²) < 4.78 is 5.58. The number of benzene rings is 2. The summed E-state index contributed by atoms with van der Waals surface area (Å²) in [6.07, 6.45) is 5.33. The van der Waals surface area contributed by atoms with Gasteiger partial charge in [-0.05, 0) is 67.6 Å². The summed E-state index contributed by atoms with van der Waals surface area (Å²) in [7, 11) is 0. The second-order valence-corrected chi connectivity index (χ2v) is 7.25. The van der Waals surface area contributed by atoms with E-state index in [1.807, 2.05) is 48.5 Å². The standard InChI is InChI=1S/C23H25N3O2/c1-3-28-21-6-4-5-17(13-21)12-18-9-10-26(23(18)27)20-7-8-22(16(2)11-20)19-14-24-25-15-19/h4-8,11,13-15,18H,3,9-10,12H2,1-2H3,(H,24,25). The van der Waals surface area contributed by atoms with Gasteiger partial charge in [-0.25, -0.2) is 0 Å². The highest BCUT2D eigenvalue weighted by Gasteiger charge is 2.32. The highest BCUT2D eigenvalue weighted by molar-refractivity contribution is 5.97. The summed E-state index contributed by atoms with van der Waals surface area (Å²) in [5, 5.41) is 6.87. The van der Waals surface area contributed by atoms with E-state index >= 15 is 0 Å². The number of nitrogens with zero attached hydrogens (tertiary/aromatic N) is 2. The van der Waals surface area contributed by atoms with E-state index in [2.05, 4.69) is 35.3 Å². The van der Waals surface area contributed by atoms with Crippen LogP contribution in [0.15, 0.2) is 54.9 Å². The van der Waals surface area contributed by atoms with Gasteiger partial charge in [-0.15, -0.1) is 0 Å². The predicted octanol–water partition coefficient (Wildman–Crippen LogP) is 4.38. The monoisotopic (exact) mass is 375 g/mol. The van der Waals surface area contributed by atoms with Gasteiger partial charge in [0.1, 0.15) is 5.75 Å². The molecular formula is C23H25N3O2. The minimum atomic E-state index is 0.0192. The van der Waals surface area contributed by atoms with Gasteiger partial charge < -0.3 is 9.64 Å². The second kappa shape index (κ2) is 7.89. The van der Waals surface area contributed by atoms with Crippen molar-refractivity contribution in [1.29, 1.82) is 0 Å². The van der Waals surface area contributed by atoms with Gasteiger partial charge in [0.05, 0.1) is 12.8 Å². The van der Waals surface area contributed by atoms with Crippen LogP contribution in [0.3, 0.4) is 0 Å². The summed E-state index contributed by atoms with van der Waals surface area (Å²) >= 11 is 0. The Hall–Kier alpha value is -3.08. The summed E-state index contributed by atoms with van der Waals surface area (Å²) in [5.41, 5.74) is 5.45. The summed E-state index contributed by atoms with van der Waals surface area (Å²) in [6, 6.07) is 14.3. The normalized spacial score (nSPS) is 16.6. The number of carbonyl (C=O) groups is 1. The maximum absolute atomic E-state index is 13.0. The lowest BCUT2D eigenvalue weighted by molar-refractivity contribution is -0.120. The van der Waals surface area contributed by atoms with Gasteiger partial charge in [-0.3, -0.25) is 9.89 Å². The fourth-order valence-electron chi connectivity index (χ4n) is 3.94. The average molecular weight is 375 g/mol. The molecule has 0 spiro atoms. The van der Waals surface area contributed by atoms with Crippen LogP contribution in [0.25, 0.3) is 11.1 Å². The lowest BCUT2D eigenvalue weighted by atomic mass is 9.98. The van der Waals surface area contributed by atoms with Crippen LogP contribution in [0.4, 0.5) is 5.69 Å². The van der Waals surface area contributed by atoms with Crippen molar-refractivity contribution in [2.45, 2.75) is 26.7 Å². The molecule has 5 nitrogen and oxygen atoms in total. The van der Waals surface area contributed by atoms with E-state index in [1.54, 1.807) is 0 Å². The Kier molecular flexibility index (Phi) is 5.15. The van der Waals surface area contributed by atoms with E-state index in [4.69, 9.17) is 4.74 Å². The first-order valence-electron chi connectivity index (χ1n) is 9.78. The third kappa shape index (κ3) is 3.65. The molecule has 1 aliphatic heterocycles. The van der Waals surface area contributed by atoms with Crippen molar-refractivity contribution in [3.8, 4) is 16.9 Å². The molecule has 0 aliphatic carbocycles. The average Bonchev–Trinajstić information content (AvgIpc) is 3.33. The number of amides is 1. The zero-order valence-electron chi connectivity index (χ0n) is 16.3. The van der Waals surface area contributed by atoms with Crippen LogP contribution in [0, 0.1) is 12.8 Å². The van der Waals surface area contributed by atoms with Crippen molar-refractivity contribution in [2.75, 3.05) is 18.1 Å². The molecule has 2 heterocycles. The van der Waals surface area contributed by atoms with Crippen molar-refractivity contribution < 1.29 is 9.53 Å². The number of nitrogens with one attached hydrogen (secondary N) is 1.